The summed E-state index contributed by atoms with van der Waals surface area (Å²) in [5.41, 5.74) is 2.45. The Hall–Kier alpha value is -1.65. The zero-order chi connectivity index (χ0) is 12.4. The van der Waals surface area contributed by atoms with Crippen molar-refractivity contribution < 1.29 is 5.11 Å². The number of hydrogen-bond acceptors (Lipinski definition) is 3. The fourth-order valence-electron chi connectivity index (χ4n) is 2.36. The van der Waals surface area contributed by atoms with E-state index in [1.165, 1.54) is 5.56 Å². The van der Waals surface area contributed by atoms with Crippen molar-refractivity contribution in [3.63, 3.8) is 0 Å². The Morgan fingerprint density at radius 3 is 2.61 bits per heavy atom. The maximum absolute atomic E-state index is 8.98. The fourth-order valence-corrected chi connectivity index (χ4v) is 2.36. The summed E-state index contributed by atoms with van der Waals surface area (Å²) in [6.45, 7) is 3.32. The molecule has 0 bridgehead atoms. The van der Waals surface area contributed by atoms with Gasteiger partial charge in [0.15, 0.2) is 0 Å². The first-order valence-electron chi connectivity index (χ1n) is 6.25. The first kappa shape index (κ1) is 11.4. The second-order valence-electron chi connectivity index (χ2n) is 4.88. The standard InChI is InChI=1S/C14H17N3O/c18-10-13-8-16(9-13)7-12-1-3-14(4-2-12)17-6-5-15-11-17/h1-6,11,13,18H,7-10H2. The molecule has 1 fully saturated rings. The van der Waals surface area contributed by atoms with E-state index in [-0.39, 0.29) is 0 Å². The smallest absolute Gasteiger partial charge is 0.0991 e. The summed E-state index contributed by atoms with van der Waals surface area (Å²) in [4.78, 5) is 6.39. The summed E-state index contributed by atoms with van der Waals surface area (Å²) in [6.07, 6.45) is 5.52. The Bertz CT molecular complexity index is 486. The van der Waals surface area contributed by atoms with E-state index in [1.807, 2.05) is 10.8 Å². The molecule has 0 radical (unpaired) electrons. The largest absolute Gasteiger partial charge is 0.396 e. The minimum absolute atomic E-state index is 0.316. The SMILES string of the molecule is OCC1CN(Cc2ccc(-n3ccnc3)cc2)C1. The van der Waals surface area contributed by atoms with Gasteiger partial charge in [0.25, 0.3) is 0 Å². The predicted octanol–water partition coefficient (Wildman–Crippen LogP) is 1.30. The van der Waals surface area contributed by atoms with Crippen LogP contribution < -0.4 is 0 Å². The predicted molar refractivity (Wildman–Crippen MR) is 69.4 cm³/mol. The van der Waals surface area contributed by atoms with E-state index in [0.29, 0.717) is 12.5 Å². The van der Waals surface area contributed by atoms with E-state index in [9.17, 15) is 0 Å². The van der Waals surface area contributed by atoms with Crippen molar-refractivity contribution in [3.8, 4) is 5.69 Å². The first-order chi connectivity index (χ1) is 8.85. The van der Waals surface area contributed by atoms with Gasteiger partial charge in [0, 0.05) is 50.2 Å². The highest BCUT2D eigenvalue weighted by Gasteiger charge is 2.25. The van der Waals surface area contributed by atoms with Crippen LogP contribution >= 0.6 is 0 Å². The number of nitrogens with zero attached hydrogens (tertiary/aromatic N) is 3. The number of imidazole rings is 1. The monoisotopic (exact) mass is 243 g/mol. The molecule has 1 aliphatic rings. The summed E-state index contributed by atoms with van der Waals surface area (Å²) >= 11 is 0. The van der Waals surface area contributed by atoms with Gasteiger partial charge < -0.3 is 9.67 Å². The van der Waals surface area contributed by atoms with Crippen molar-refractivity contribution >= 4 is 0 Å². The summed E-state index contributed by atoms with van der Waals surface area (Å²) in [6, 6.07) is 8.53. The number of benzene rings is 1. The first-order valence-corrected chi connectivity index (χ1v) is 6.25. The van der Waals surface area contributed by atoms with E-state index >= 15 is 0 Å². The molecule has 1 aromatic heterocycles. The maximum atomic E-state index is 8.98. The van der Waals surface area contributed by atoms with Gasteiger partial charge in [-0.2, -0.15) is 0 Å². The molecule has 4 nitrogen and oxygen atoms in total. The molecule has 0 atom stereocenters. The second kappa shape index (κ2) is 4.92. The maximum Gasteiger partial charge on any atom is 0.0991 e. The van der Waals surface area contributed by atoms with Crippen LogP contribution in [-0.4, -0.2) is 39.3 Å². The molecule has 0 aliphatic carbocycles. The quantitative estimate of drug-likeness (QED) is 0.880. The molecule has 3 rings (SSSR count). The van der Waals surface area contributed by atoms with Crippen LogP contribution in [0.5, 0.6) is 0 Å². The van der Waals surface area contributed by atoms with Crippen LogP contribution in [0.3, 0.4) is 0 Å². The molecule has 4 heteroatoms. The van der Waals surface area contributed by atoms with Crippen molar-refractivity contribution in [3.05, 3.63) is 48.5 Å². The second-order valence-corrected chi connectivity index (χ2v) is 4.88. The lowest BCUT2D eigenvalue weighted by Gasteiger charge is -2.38. The molecule has 0 saturated carbocycles. The van der Waals surface area contributed by atoms with E-state index in [2.05, 4.69) is 34.1 Å². The Morgan fingerprint density at radius 1 is 1.22 bits per heavy atom. The number of hydrogen-bond donors (Lipinski definition) is 1. The molecule has 0 unspecified atom stereocenters. The fraction of sp³-hybridized carbons (Fsp3) is 0.357. The van der Waals surface area contributed by atoms with Gasteiger partial charge in [-0.25, -0.2) is 4.98 Å². The van der Waals surface area contributed by atoms with Crippen LogP contribution in [0.15, 0.2) is 43.0 Å². The van der Waals surface area contributed by atoms with Crippen LogP contribution in [0.25, 0.3) is 5.69 Å². The normalized spacial score (nSPS) is 16.7. The number of aliphatic hydroxyl groups is 1. The molecule has 94 valence electrons. The van der Waals surface area contributed by atoms with Gasteiger partial charge in [-0.05, 0) is 17.7 Å². The van der Waals surface area contributed by atoms with Gasteiger partial charge in [-0.15, -0.1) is 0 Å². The van der Waals surface area contributed by atoms with Crippen LogP contribution in [0, 0.1) is 5.92 Å². The van der Waals surface area contributed by atoms with Crippen molar-refractivity contribution in [2.75, 3.05) is 19.7 Å². The lowest BCUT2D eigenvalue weighted by Crippen LogP contribution is -2.47. The Kier molecular flexibility index (Phi) is 3.13. The summed E-state index contributed by atoms with van der Waals surface area (Å²) < 4.78 is 2.00. The summed E-state index contributed by atoms with van der Waals surface area (Å²) in [5.74, 6) is 0.482. The van der Waals surface area contributed by atoms with Gasteiger partial charge in [0.05, 0.1) is 6.33 Å². The number of aliphatic hydroxyl groups excluding tert-OH is 1. The van der Waals surface area contributed by atoms with E-state index in [1.54, 1.807) is 12.5 Å². The summed E-state index contributed by atoms with van der Waals surface area (Å²) in [5, 5.41) is 8.98. The molecular weight excluding hydrogens is 226 g/mol. The molecule has 2 aromatic rings. The zero-order valence-electron chi connectivity index (χ0n) is 10.2. The zero-order valence-corrected chi connectivity index (χ0v) is 10.2. The summed E-state index contributed by atoms with van der Waals surface area (Å²) in [7, 11) is 0. The molecule has 2 heterocycles. The van der Waals surface area contributed by atoms with Crippen LogP contribution in [0.1, 0.15) is 5.56 Å². The van der Waals surface area contributed by atoms with Gasteiger partial charge >= 0.3 is 0 Å². The van der Waals surface area contributed by atoms with E-state index < -0.39 is 0 Å². The average molecular weight is 243 g/mol. The molecule has 1 saturated heterocycles. The van der Waals surface area contributed by atoms with Gasteiger partial charge in [0.1, 0.15) is 0 Å². The Balaban J connectivity index is 1.62. The topological polar surface area (TPSA) is 41.3 Å². The highest BCUT2D eigenvalue weighted by Crippen LogP contribution is 2.18. The number of likely N-dealkylation sites (tertiary alicyclic amines) is 1. The highest BCUT2D eigenvalue weighted by molar-refractivity contribution is 5.34. The van der Waals surface area contributed by atoms with Crippen LogP contribution in [0.2, 0.25) is 0 Å². The van der Waals surface area contributed by atoms with Crippen molar-refractivity contribution in [2.45, 2.75) is 6.54 Å². The Morgan fingerprint density at radius 2 is 2.00 bits per heavy atom. The third-order valence-corrected chi connectivity index (χ3v) is 3.44. The minimum atomic E-state index is 0.316. The van der Waals surface area contributed by atoms with E-state index in [0.717, 1.165) is 25.3 Å². The molecule has 1 aromatic carbocycles. The minimum Gasteiger partial charge on any atom is -0.396 e. The van der Waals surface area contributed by atoms with E-state index in [4.69, 9.17) is 5.11 Å². The average Bonchev–Trinajstić information content (AvgIpc) is 2.88. The van der Waals surface area contributed by atoms with Gasteiger partial charge in [-0.3, -0.25) is 4.90 Å². The van der Waals surface area contributed by atoms with Crippen molar-refractivity contribution in [2.24, 2.45) is 5.92 Å². The van der Waals surface area contributed by atoms with Gasteiger partial charge in [-0.1, -0.05) is 12.1 Å². The number of rotatable bonds is 4. The van der Waals surface area contributed by atoms with Gasteiger partial charge in [0.2, 0.25) is 0 Å². The van der Waals surface area contributed by atoms with Crippen LogP contribution in [0.4, 0.5) is 0 Å². The molecule has 0 spiro atoms. The lowest BCUT2D eigenvalue weighted by atomic mass is 10.0. The van der Waals surface area contributed by atoms with Crippen LogP contribution in [-0.2, 0) is 6.54 Å². The molecular formula is C14H17N3O. The molecule has 18 heavy (non-hydrogen) atoms. The third-order valence-electron chi connectivity index (χ3n) is 3.44. The molecule has 1 aliphatic heterocycles. The van der Waals surface area contributed by atoms with Crippen molar-refractivity contribution in [1.29, 1.82) is 0 Å². The van der Waals surface area contributed by atoms with Crippen molar-refractivity contribution in [1.82, 2.24) is 14.5 Å². The highest BCUT2D eigenvalue weighted by atomic mass is 16.3. The number of aromatic nitrogens is 2. The molecule has 1 N–H and O–H groups in total. The third kappa shape index (κ3) is 2.30. The lowest BCUT2D eigenvalue weighted by molar-refractivity contribution is 0.0479. The molecule has 0 amide bonds. The Labute approximate surface area is 107 Å².